The maximum atomic E-state index is 13.7. The van der Waals surface area contributed by atoms with E-state index in [4.69, 9.17) is 10.2 Å². The molecule has 0 saturated carbocycles. The van der Waals surface area contributed by atoms with Crippen molar-refractivity contribution in [2.24, 2.45) is 5.92 Å². The van der Waals surface area contributed by atoms with Gasteiger partial charge in [0.15, 0.2) is 6.29 Å². The summed E-state index contributed by atoms with van der Waals surface area (Å²) in [5, 5.41) is 18.3. The minimum Gasteiger partial charge on any atom is -0.365 e. The number of allylic oxidation sites excluding steroid dienone is 7. The van der Waals surface area contributed by atoms with Crippen LogP contribution in [0.5, 0.6) is 0 Å². The lowest BCUT2D eigenvalue weighted by Gasteiger charge is -2.27. The zero-order valence-electron chi connectivity index (χ0n) is 10.9. The van der Waals surface area contributed by atoms with Crippen molar-refractivity contribution in [1.29, 1.82) is 0 Å². The van der Waals surface area contributed by atoms with Crippen LogP contribution >= 0.6 is 0 Å². The van der Waals surface area contributed by atoms with E-state index in [1.807, 2.05) is 13.0 Å². The second-order valence-electron chi connectivity index (χ2n) is 5.02. The van der Waals surface area contributed by atoms with Gasteiger partial charge in [-0.2, -0.15) is 0 Å². The first-order valence-corrected chi connectivity index (χ1v) is 6.45. The quantitative estimate of drug-likeness (QED) is 0.772. The van der Waals surface area contributed by atoms with Crippen LogP contribution in [0.4, 0.5) is 8.78 Å². The Kier molecular flexibility index (Phi) is 4.32. The van der Waals surface area contributed by atoms with Gasteiger partial charge >= 0.3 is 0 Å². The number of rotatable bonds is 3. The van der Waals surface area contributed by atoms with Gasteiger partial charge in [-0.1, -0.05) is 25.2 Å². The van der Waals surface area contributed by atoms with Gasteiger partial charge in [-0.3, -0.25) is 0 Å². The molecule has 4 heteroatoms. The molecule has 1 unspecified atom stereocenters. The van der Waals surface area contributed by atoms with Gasteiger partial charge in [0.2, 0.25) is 0 Å². The molecular weight excluding hydrogens is 250 g/mol. The van der Waals surface area contributed by atoms with E-state index < -0.39 is 13.0 Å². The van der Waals surface area contributed by atoms with Gasteiger partial charge in [-0.05, 0) is 35.5 Å². The monoisotopic (exact) mass is 268 g/mol. The van der Waals surface area contributed by atoms with Gasteiger partial charge in [-0.25, -0.2) is 8.78 Å². The SMILES string of the molecule is CC1CC(C(O)O)=CC=C1C1=CCCC(F)=C1CF. The van der Waals surface area contributed by atoms with Gasteiger partial charge in [0.25, 0.3) is 0 Å². The molecule has 2 rings (SSSR count). The Bertz CT molecular complexity index is 484. The lowest BCUT2D eigenvalue weighted by atomic mass is 9.80. The average molecular weight is 268 g/mol. The molecule has 0 fully saturated rings. The fourth-order valence-electron chi connectivity index (χ4n) is 2.64. The second kappa shape index (κ2) is 5.80. The molecule has 0 aromatic carbocycles. The summed E-state index contributed by atoms with van der Waals surface area (Å²) in [5.74, 6) is -0.356. The van der Waals surface area contributed by atoms with Gasteiger partial charge in [0, 0.05) is 12.0 Å². The summed E-state index contributed by atoms with van der Waals surface area (Å²) in [4.78, 5) is 0. The van der Waals surface area contributed by atoms with E-state index in [-0.39, 0.29) is 23.7 Å². The first-order chi connectivity index (χ1) is 9.04. The molecular formula is C15H18F2O2. The van der Waals surface area contributed by atoms with Crippen LogP contribution in [-0.4, -0.2) is 23.2 Å². The highest BCUT2D eigenvalue weighted by molar-refractivity contribution is 5.53. The van der Waals surface area contributed by atoms with Gasteiger partial charge < -0.3 is 10.2 Å². The molecule has 104 valence electrons. The van der Waals surface area contributed by atoms with Crippen LogP contribution in [0.3, 0.4) is 0 Å². The summed E-state index contributed by atoms with van der Waals surface area (Å²) in [5.41, 5.74) is 2.18. The number of aliphatic hydroxyl groups is 2. The van der Waals surface area contributed by atoms with Gasteiger partial charge in [0.1, 0.15) is 12.5 Å². The molecule has 0 aromatic heterocycles. The second-order valence-corrected chi connectivity index (χ2v) is 5.02. The maximum Gasteiger partial charge on any atom is 0.174 e. The molecule has 0 saturated heterocycles. The van der Waals surface area contributed by atoms with E-state index in [1.54, 1.807) is 12.2 Å². The summed E-state index contributed by atoms with van der Waals surface area (Å²) in [6.07, 6.45) is 5.10. The number of alkyl halides is 1. The topological polar surface area (TPSA) is 40.5 Å². The Morgan fingerprint density at radius 1 is 1.37 bits per heavy atom. The van der Waals surface area contributed by atoms with E-state index in [0.717, 1.165) is 5.57 Å². The van der Waals surface area contributed by atoms with Crippen LogP contribution in [0.2, 0.25) is 0 Å². The Morgan fingerprint density at radius 2 is 2.11 bits per heavy atom. The van der Waals surface area contributed by atoms with Crippen LogP contribution < -0.4 is 0 Å². The fraction of sp³-hybridized carbons (Fsp3) is 0.467. The number of hydrogen-bond donors (Lipinski definition) is 2. The molecule has 0 heterocycles. The molecule has 2 nitrogen and oxygen atoms in total. The van der Waals surface area contributed by atoms with Crippen molar-refractivity contribution >= 4 is 0 Å². The van der Waals surface area contributed by atoms with Crippen molar-refractivity contribution in [3.8, 4) is 0 Å². The molecule has 0 radical (unpaired) electrons. The predicted molar refractivity (Wildman–Crippen MR) is 69.6 cm³/mol. The molecule has 2 aliphatic rings. The van der Waals surface area contributed by atoms with Crippen molar-refractivity contribution in [2.75, 3.05) is 6.67 Å². The lowest BCUT2D eigenvalue weighted by Crippen LogP contribution is -2.17. The molecule has 0 spiro atoms. The third-order valence-electron chi connectivity index (χ3n) is 3.69. The molecule has 1 atom stereocenters. The van der Waals surface area contributed by atoms with Crippen molar-refractivity contribution in [3.63, 3.8) is 0 Å². The van der Waals surface area contributed by atoms with Crippen molar-refractivity contribution in [3.05, 3.63) is 46.3 Å². The van der Waals surface area contributed by atoms with Crippen LogP contribution in [-0.2, 0) is 0 Å². The predicted octanol–water partition coefficient (Wildman–Crippen LogP) is 3.10. The van der Waals surface area contributed by atoms with Crippen LogP contribution in [0.15, 0.2) is 46.3 Å². The highest BCUT2D eigenvalue weighted by Crippen LogP contribution is 2.38. The summed E-state index contributed by atoms with van der Waals surface area (Å²) < 4.78 is 26.7. The Morgan fingerprint density at radius 3 is 2.68 bits per heavy atom. The maximum absolute atomic E-state index is 13.7. The van der Waals surface area contributed by atoms with Crippen molar-refractivity contribution in [2.45, 2.75) is 32.5 Å². The van der Waals surface area contributed by atoms with Crippen LogP contribution in [0.25, 0.3) is 0 Å². The first kappa shape index (κ1) is 14.2. The fourth-order valence-corrected chi connectivity index (χ4v) is 2.64. The molecule has 0 bridgehead atoms. The zero-order chi connectivity index (χ0) is 14.0. The van der Waals surface area contributed by atoms with Crippen molar-refractivity contribution in [1.82, 2.24) is 0 Å². The molecule has 0 amide bonds. The Balaban J connectivity index is 2.34. The zero-order valence-corrected chi connectivity index (χ0v) is 10.9. The number of halogens is 2. The van der Waals surface area contributed by atoms with E-state index >= 15 is 0 Å². The lowest BCUT2D eigenvalue weighted by molar-refractivity contribution is -0.0114. The highest BCUT2D eigenvalue weighted by Gasteiger charge is 2.25. The molecule has 19 heavy (non-hydrogen) atoms. The standard InChI is InChI=1S/C15H18F2O2/c1-9-7-10(15(18)19)5-6-11(9)12-3-2-4-14(17)13(12)8-16/h3,5-6,9,15,18-19H,2,4,7-8H2,1H3. The first-order valence-electron chi connectivity index (χ1n) is 6.45. The highest BCUT2D eigenvalue weighted by atomic mass is 19.1. The summed E-state index contributed by atoms with van der Waals surface area (Å²) >= 11 is 0. The van der Waals surface area contributed by atoms with E-state index in [2.05, 4.69) is 0 Å². The normalized spacial score (nSPS) is 24.3. The Labute approximate surface area is 111 Å². The summed E-state index contributed by atoms with van der Waals surface area (Å²) in [6, 6.07) is 0. The third kappa shape index (κ3) is 2.85. The van der Waals surface area contributed by atoms with E-state index in [1.165, 1.54) is 0 Å². The minimum absolute atomic E-state index is 0.0144. The number of aliphatic hydroxyl groups excluding tert-OH is 1. The smallest absolute Gasteiger partial charge is 0.174 e. The molecule has 2 N–H and O–H groups in total. The largest absolute Gasteiger partial charge is 0.365 e. The van der Waals surface area contributed by atoms with E-state index in [9.17, 15) is 8.78 Å². The third-order valence-corrected chi connectivity index (χ3v) is 3.69. The Hall–Kier alpha value is -1.26. The summed E-state index contributed by atoms with van der Waals surface area (Å²) in [7, 11) is 0. The molecule has 0 aliphatic heterocycles. The van der Waals surface area contributed by atoms with Gasteiger partial charge in [-0.15, -0.1) is 0 Å². The van der Waals surface area contributed by atoms with Crippen LogP contribution in [0, 0.1) is 5.92 Å². The van der Waals surface area contributed by atoms with Gasteiger partial charge in [0.05, 0.1) is 0 Å². The summed E-state index contributed by atoms with van der Waals surface area (Å²) in [6.45, 7) is 1.12. The van der Waals surface area contributed by atoms with E-state index in [0.29, 0.717) is 24.0 Å². The number of hydrogen-bond acceptors (Lipinski definition) is 2. The average Bonchev–Trinajstić information content (AvgIpc) is 2.38. The molecule has 2 aliphatic carbocycles. The minimum atomic E-state index is -1.46. The van der Waals surface area contributed by atoms with Crippen LogP contribution in [0.1, 0.15) is 26.2 Å². The van der Waals surface area contributed by atoms with Crippen molar-refractivity contribution < 1.29 is 19.0 Å². The molecule has 0 aromatic rings.